The molecule has 1 aromatic rings. The van der Waals surface area contributed by atoms with Crippen molar-refractivity contribution in [2.24, 2.45) is 0 Å². The first-order valence-corrected chi connectivity index (χ1v) is 3.10. The number of hydrogen-bond donors (Lipinski definition) is 1. The Morgan fingerprint density at radius 1 is 1.50 bits per heavy atom. The molecule has 0 atom stereocenters. The molecule has 0 fully saturated rings. The normalized spacial score (nSPS) is 11.9. The quantitative estimate of drug-likeness (QED) is 0.528. The van der Waals surface area contributed by atoms with E-state index in [2.05, 4.69) is 4.98 Å². The molecule has 0 spiro atoms. The van der Waals surface area contributed by atoms with Gasteiger partial charge in [0.2, 0.25) is 0 Å². The summed E-state index contributed by atoms with van der Waals surface area (Å²) in [4.78, 5) is 13.5. The van der Waals surface area contributed by atoms with Crippen LogP contribution in [0.4, 0.5) is 0 Å². The summed E-state index contributed by atoms with van der Waals surface area (Å²) in [5.74, 6) is 0. The molecule has 0 aliphatic carbocycles. The summed E-state index contributed by atoms with van der Waals surface area (Å²) in [7, 11) is 5.78. The predicted octanol–water partition coefficient (Wildman–Crippen LogP) is -0.495. The lowest BCUT2D eigenvalue weighted by molar-refractivity contribution is 0.250. The van der Waals surface area contributed by atoms with Gasteiger partial charge in [-0.25, -0.2) is 9.39 Å². The van der Waals surface area contributed by atoms with Crippen molar-refractivity contribution < 1.29 is 0 Å². The van der Waals surface area contributed by atoms with Gasteiger partial charge in [-0.1, -0.05) is 0 Å². The van der Waals surface area contributed by atoms with E-state index in [0.29, 0.717) is 4.59 Å². The van der Waals surface area contributed by atoms with Crippen molar-refractivity contribution in [2.45, 2.75) is 0 Å². The van der Waals surface area contributed by atoms with E-state index >= 15 is 0 Å². The third-order valence-electron chi connectivity index (χ3n) is 1.28. The van der Waals surface area contributed by atoms with Gasteiger partial charge in [-0.3, -0.25) is 0 Å². The first-order chi connectivity index (χ1) is 4.52. The monoisotopic (exact) mass is 142 g/mol. The largest absolute Gasteiger partial charge is 0.370 e. The lowest BCUT2D eigenvalue weighted by Gasteiger charge is -2.22. The molecule has 0 aliphatic rings. The van der Waals surface area contributed by atoms with Gasteiger partial charge in [0.25, 0.3) is 0 Å². The highest BCUT2D eigenvalue weighted by Crippen LogP contribution is 1.85. The zero-order chi connectivity index (χ0) is 7.78. The summed E-state index contributed by atoms with van der Waals surface area (Å²) in [6.45, 7) is 0. The molecule has 1 rings (SSSR count). The molecule has 56 valence electrons. The second-order valence-electron chi connectivity index (χ2n) is 3.05. The van der Waals surface area contributed by atoms with Crippen LogP contribution >= 0.6 is 0 Å². The zero-order valence-electron chi connectivity index (χ0n) is 6.46. The standard InChI is InChI=1S/C6H11N3O/c1-9(2,3)8-5-4-7-6(8)10/h4-5H,1-3H3/p+1. The van der Waals surface area contributed by atoms with Crippen LogP contribution in [0.2, 0.25) is 0 Å². The van der Waals surface area contributed by atoms with Crippen LogP contribution in [0.15, 0.2) is 17.2 Å². The van der Waals surface area contributed by atoms with Crippen molar-refractivity contribution in [1.29, 1.82) is 0 Å². The SMILES string of the molecule is C[N+](C)(C)n1cc[nH]c1=O. The number of H-pyrrole nitrogens is 1. The molecule has 10 heavy (non-hydrogen) atoms. The van der Waals surface area contributed by atoms with Gasteiger partial charge in [-0.05, 0) is 0 Å². The van der Waals surface area contributed by atoms with Gasteiger partial charge in [-0.15, -0.1) is 4.68 Å². The Bertz CT molecular complexity index is 265. The van der Waals surface area contributed by atoms with Crippen LogP contribution in [0.5, 0.6) is 0 Å². The van der Waals surface area contributed by atoms with Crippen molar-refractivity contribution >= 4 is 0 Å². The van der Waals surface area contributed by atoms with Gasteiger partial charge in [0.05, 0.1) is 27.3 Å². The van der Waals surface area contributed by atoms with E-state index in [4.69, 9.17) is 0 Å². The van der Waals surface area contributed by atoms with Gasteiger partial charge in [0.15, 0.2) is 0 Å². The zero-order valence-corrected chi connectivity index (χ0v) is 6.46. The fourth-order valence-corrected chi connectivity index (χ4v) is 0.785. The van der Waals surface area contributed by atoms with E-state index in [0.717, 1.165) is 0 Å². The average molecular weight is 142 g/mol. The van der Waals surface area contributed by atoms with Crippen LogP contribution in [0, 0.1) is 0 Å². The Morgan fingerprint density at radius 3 is 2.30 bits per heavy atom. The molecule has 0 saturated carbocycles. The minimum absolute atomic E-state index is 0.0764. The fourth-order valence-electron chi connectivity index (χ4n) is 0.785. The molecule has 1 heterocycles. The Hall–Kier alpha value is -1.03. The lowest BCUT2D eigenvalue weighted by atomic mass is 10.8. The molecule has 4 heteroatoms. The van der Waals surface area contributed by atoms with Crippen LogP contribution in [-0.2, 0) is 0 Å². The van der Waals surface area contributed by atoms with Crippen molar-refractivity contribution in [3.05, 3.63) is 22.9 Å². The first-order valence-electron chi connectivity index (χ1n) is 3.10. The minimum atomic E-state index is -0.0764. The topological polar surface area (TPSA) is 37.8 Å². The molecule has 0 bridgehead atoms. The van der Waals surface area contributed by atoms with Crippen LogP contribution in [-0.4, -0.2) is 30.8 Å². The number of hydrogen-bond acceptors (Lipinski definition) is 1. The number of nitrogens with zero attached hydrogens (tertiary/aromatic N) is 2. The second-order valence-corrected chi connectivity index (χ2v) is 3.05. The third kappa shape index (κ3) is 1.11. The van der Waals surface area contributed by atoms with Crippen molar-refractivity contribution in [3.63, 3.8) is 0 Å². The van der Waals surface area contributed by atoms with E-state index in [-0.39, 0.29) is 5.69 Å². The van der Waals surface area contributed by atoms with Crippen molar-refractivity contribution in [3.8, 4) is 0 Å². The molecule has 0 unspecified atom stereocenters. The summed E-state index contributed by atoms with van der Waals surface area (Å²) in [6, 6.07) is 0. The van der Waals surface area contributed by atoms with Gasteiger partial charge in [0, 0.05) is 6.20 Å². The number of rotatable bonds is 1. The summed E-state index contributed by atoms with van der Waals surface area (Å²) in [5, 5.41) is 0. The molecular formula is C6H12N3O+. The second kappa shape index (κ2) is 1.98. The fraction of sp³-hybridized carbons (Fsp3) is 0.500. The number of nitrogens with one attached hydrogen (secondary N) is 1. The average Bonchev–Trinajstić information content (AvgIpc) is 2.11. The number of aromatic amines is 1. The van der Waals surface area contributed by atoms with Crippen molar-refractivity contribution in [2.75, 3.05) is 21.1 Å². The molecular weight excluding hydrogens is 130 g/mol. The predicted molar refractivity (Wildman–Crippen MR) is 40.4 cm³/mol. The van der Waals surface area contributed by atoms with Crippen LogP contribution in [0.25, 0.3) is 0 Å². The number of imidazole rings is 1. The Labute approximate surface area is 59.3 Å². The number of aromatic nitrogens is 2. The smallest absolute Gasteiger partial charge is 0.309 e. The lowest BCUT2D eigenvalue weighted by Crippen LogP contribution is -2.51. The van der Waals surface area contributed by atoms with Crippen molar-refractivity contribution in [1.82, 2.24) is 14.3 Å². The van der Waals surface area contributed by atoms with E-state index in [9.17, 15) is 4.79 Å². The van der Waals surface area contributed by atoms with Gasteiger partial charge in [-0.2, -0.15) is 0 Å². The summed E-state index contributed by atoms with van der Waals surface area (Å²) >= 11 is 0. The van der Waals surface area contributed by atoms with E-state index in [1.54, 1.807) is 17.1 Å². The molecule has 0 saturated heterocycles. The Balaban J connectivity index is 3.18. The van der Waals surface area contributed by atoms with Crippen LogP contribution in [0.3, 0.4) is 0 Å². The van der Waals surface area contributed by atoms with E-state index < -0.39 is 0 Å². The maximum absolute atomic E-state index is 11.0. The van der Waals surface area contributed by atoms with Gasteiger partial charge in [0.1, 0.15) is 0 Å². The van der Waals surface area contributed by atoms with Gasteiger partial charge >= 0.3 is 5.69 Å². The first kappa shape index (κ1) is 7.08. The maximum atomic E-state index is 11.0. The molecule has 0 aromatic carbocycles. The number of quaternary nitrogens is 1. The molecule has 1 N–H and O–H groups in total. The highest BCUT2D eigenvalue weighted by molar-refractivity contribution is 4.79. The van der Waals surface area contributed by atoms with Crippen LogP contribution in [0.1, 0.15) is 0 Å². The maximum Gasteiger partial charge on any atom is 0.370 e. The summed E-state index contributed by atoms with van der Waals surface area (Å²) < 4.78 is 2.09. The Morgan fingerprint density at radius 2 is 2.10 bits per heavy atom. The third-order valence-corrected chi connectivity index (χ3v) is 1.28. The summed E-state index contributed by atoms with van der Waals surface area (Å²) in [6.07, 6.45) is 3.36. The summed E-state index contributed by atoms with van der Waals surface area (Å²) in [5.41, 5.74) is -0.0764. The van der Waals surface area contributed by atoms with Crippen LogP contribution < -0.4 is 10.3 Å². The molecule has 0 aliphatic heterocycles. The molecule has 1 aromatic heterocycles. The minimum Gasteiger partial charge on any atom is -0.309 e. The highest BCUT2D eigenvalue weighted by atomic mass is 16.2. The van der Waals surface area contributed by atoms with Gasteiger partial charge < -0.3 is 4.98 Å². The highest BCUT2D eigenvalue weighted by Gasteiger charge is 2.11. The Kier molecular flexibility index (Phi) is 1.40. The van der Waals surface area contributed by atoms with E-state index in [1.807, 2.05) is 21.1 Å². The molecule has 0 amide bonds. The molecule has 4 nitrogen and oxygen atoms in total. The van der Waals surface area contributed by atoms with E-state index in [1.165, 1.54) is 0 Å². The molecule has 0 radical (unpaired) electrons.